The Labute approximate surface area is 195 Å². The second-order valence-electron chi connectivity index (χ2n) is 8.10. The normalized spacial score (nSPS) is 14.2. The number of hydrogen-bond acceptors (Lipinski definition) is 5. The number of anilines is 1. The molecule has 0 saturated carbocycles. The number of nitrogens with zero attached hydrogens (tertiary/aromatic N) is 1. The number of imide groups is 1. The van der Waals surface area contributed by atoms with Crippen molar-refractivity contribution >= 4 is 45.8 Å². The number of ether oxygens (including phenoxy) is 1. The first-order valence-electron chi connectivity index (χ1n) is 10.5. The van der Waals surface area contributed by atoms with E-state index >= 15 is 0 Å². The highest BCUT2D eigenvalue weighted by atomic mass is 35.5. The van der Waals surface area contributed by atoms with E-state index in [9.17, 15) is 24.6 Å². The van der Waals surface area contributed by atoms with Crippen molar-refractivity contribution in [2.75, 3.05) is 4.90 Å². The molecule has 8 heteroatoms. The molecule has 1 unspecified atom stereocenters. The number of phenolic OH excluding ortho intramolecular Hbond substituents is 1. The van der Waals surface area contributed by atoms with Gasteiger partial charge in [-0.1, -0.05) is 48.9 Å². The van der Waals surface area contributed by atoms with Crippen molar-refractivity contribution in [1.29, 1.82) is 0 Å². The summed E-state index contributed by atoms with van der Waals surface area (Å²) >= 11 is 6.42. The zero-order valence-corrected chi connectivity index (χ0v) is 19.0. The second kappa shape index (κ2) is 8.41. The lowest BCUT2D eigenvalue weighted by molar-refractivity contribution is -0.138. The van der Waals surface area contributed by atoms with Crippen molar-refractivity contribution in [3.8, 4) is 11.5 Å². The number of amides is 2. The van der Waals surface area contributed by atoms with Crippen LogP contribution in [0.3, 0.4) is 0 Å². The minimum absolute atomic E-state index is 0.0259. The molecule has 2 amide bonds. The van der Waals surface area contributed by atoms with Gasteiger partial charge in [-0.15, -0.1) is 0 Å². The number of carbonyl (C=O) groups is 3. The summed E-state index contributed by atoms with van der Waals surface area (Å²) < 4.78 is 5.94. The van der Waals surface area contributed by atoms with Gasteiger partial charge in [0.25, 0.3) is 11.8 Å². The molecule has 1 aliphatic rings. The second-order valence-corrected chi connectivity index (χ2v) is 8.50. The lowest BCUT2D eigenvalue weighted by Gasteiger charge is -2.18. The van der Waals surface area contributed by atoms with Gasteiger partial charge in [0.2, 0.25) is 0 Å². The highest BCUT2D eigenvalue weighted by Gasteiger charge is 2.44. The number of aromatic hydroxyl groups is 1. The molecule has 0 radical (unpaired) electrons. The average Bonchev–Trinajstić information content (AvgIpc) is 3.02. The van der Waals surface area contributed by atoms with Crippen molar-refractivity contribution in [3.05, 3.63) is 64.2 Å². The maximum absolute atomic E-state index is 13.5. The number of carbonyl (C=O) groups excluding carboxylic acids is 2. The quantitative estimate of drug-likeness (QED) is 0.472. The molecule has 3 aromatic rings. The Hall–Kier alpha value is -3.58. The Balaban J connectivity index is 1.89. The van der Waals surface area contributed by atoms with Crippen LogP contribution in [-0.4, -0.2) is 34.1 Å². The van der Waals surface area contributed by atoms with Crippen molar-refractivity contribution in [2.24, 2.45) is 0 Å². The molecule has 1 aliphatic heterocycles. The molecule has 4 rings (SSSR count). The fourth-order valence-corrected chi connectivity index (χ4v) is 4.44. The van der Waals surface area contributed by atoms with Gasteiger partial charge in [0.05, 0.1) is 33.9 Å². The number of carboxylic acid groups (broad SMARTS) is 1. The summed E-state index contributed by atoms with van der Waals surface area (Å²) in [6.45, 7) is 5.35. The van der Waals surface area contributed by atoms with E-state index in [0.29, 0.717) is 22.8 Å². The van der Waals surface area contributed by atoms with Gasteiger partial charge in [0, 0.05) is 10.8 Å². The van der Waals surface area contributed by atoms with Crippen LogP contribution in [0.1, 0.15) is 59.4 Å². The van der Waals surface area contributed by atoms with Crippen LogP contribution in [0.2, 0.25) is 5.02 Å². The van der Waals surface area contributed by atoms with E-state index in [1.165, 1.54) is 18.2 Å². The number of hydrogen-bond donors (Lipinski definition) is 2. The summed E-state index contributed by atoms with van der Waals surface area (Å²) in [7, 11) is 0. The molecule has 0 aliphatic carbocycles. The van der Waals surface area contributed by atoms with Crippen molar-refractivity contribution in [1.82, 2.24) is 0 Å². The summed E-state index contributed by atoms with van der Waals surface area (Å²) in [6.07, 6.45) is 0.0675. The van der Waals surface area contributed by atoms with Crippen LogP contribution in [0.15, 0.2) is 42.5 Å². The SMILES string of the molecule is CCC(C(=O)O)c1ccc(N2C(=O)c3c(c(OC(C)C)c4ccccc4c3O)C2=O)c(Cl)c1. The van der Waals surface area contributed by atoms with Crippen molar-refractivity contribution in [2.45, 2.75) is 39.2 Å². The minimum atomic E-state index is -0.992. The van der Waals surface area contributed by atoms with E-state index in [1.807, 2.05) is 0 Å². The first kappa shape index (κ1) is 22.6. The molecule has 7 nitrogen and oxygen atoms in total. The molecule has 33 heavy (non-hydrogen) atoms. The van der Waals surface area contributed by atoms with Gasteiger partial charge in [0.1, 0.15) is 11.5 Å². The first-order valence-corrected chi connectivity index (χ1v) is 10.9. The fourth-order valence-electron chi connectivity index (χ4n) is 4.17. The third-order valence-corrected chi connectivity index (χ3v) is 5.95. The zero-order valence-electron chi connectivity index (χ0n) is 18.3. The molecule has 0 fully saturated rings. The summed E-state index contributed by atoms with van der Waals surface area (Å²) in [5, 5.41) is 21.3. The van der Waals surface area contributed by atoms with Crippen molar-refractivity contribution in [3.63, 3.8) is 0 Å². The largest absolute Gasteiger partial charge is 0.506 e. The number of halogens is 1. The summed E-state index contributed by atoms with van der Waals surface area (Å²) in [5.74, 6) is -3.24. The molecule has 0 spiro atoms. The fraction of sp³-hybridized carbons (Fsp3) is 0.240. The third-order valence-electron chi connectivity index (χ3n) is 5.65. The highest BCUT2D eigenvalue weighted by molar-refractivity contribution is 6.41. The topological polar surface area (TPSA) is 104 Å². The smallest absolute Gasteiger partial charge is 0.310 e. The Bertz CT molecular complexity index is 1320. The van der Waals surface area contributed by atoms with Gasteiger partial charge in [-0.05, 0) is 38.0 Å². The molecule has 0 aromatic heterocycles. The lowest BCUT2D eigenvalue weighted by Crippen LogP contribution is -2.30. The summed E-state index contributed by atoms with van der Waals surface area (Å²) in [4.78, 5) is 39.3. The van der Waals surface area contributed by atoms with Gasteiger partial charge >= 0.3 is 5.97 Å². The number of phenols is 1. The molecule has 1 atom stereocenters. The molecule has 2 N–H and O–H groups in total. The number of aliphatic carboxylic acids is 1. The van der Waals surface area contributed by atoms with Crippen LogP contribution in [-0.2, 0) is 4.79 Å². The third kappa shape index (κ3) is 3.58. The number of benzene rings is 3. The minimum Gasteiger partial charge on any atom is -0.506 e. The van der Waals surface area contributed by atoms with Crippen LogP contribution < -0.4 is 9.64 Å². The highest BCUT2D eigenvalue weighted by Crippen LogP contribution is 2.46. The molecule has 3 aromatic carbocycles. The first-order chi connectivity index (χ1) is 15.7. The Morgan fingerprint density at radius 3 is 2.27 bits per heavy atom. The Kier molecular flexibility index (Phi) is 5.76. The predicted octanol–water partition coefficient (Wildman–Crippen LogP) is 5.36. The van der Waals surface area contributed by atoms with Crippen LogP contribution in [0, 0.1) is 0 Å². The summed E-state index contributed by atoms with van der Waals surface area (Å²) in [5.41, 5.74) is 0.395. The van der Waals surface area contributed by atoms with E-state index in [1.54, 1.807) is 45.0 Å². The van der Waals surface area contributed by atoms with Gasteiger partial charge in [0.15, 0.2) is 0 Å². The van der Waals surface area contributed by atoms with Crippen LogP contribution in [0.4, 0.5) is 5.69 Å². The molecular formula is C25H22ClNO6. The van der Waals surface area contributed by atoms with E-state index in [4.69, 9.17) is 16.3 Å². The molecule has 0 bridgehead atoms. The molecule has 1 heterocycles. The van der Waals surface area contributed by atoms with Gasteiger partial charge in [-0.3, -0.25) is 14.4 Å². The average molecular weight is 468 g/mol. The van der Waals surface area contributed by atoms with Crippen LogP contribution in [0.5, 0.6) is 11.5 Å². The molecule has 170 valence electrons. The zero-order chi connectivity index (χ0) is 24.0. The van der Waals surface area contributed by atoms with Crippen LogP contribution in [0.25, 0.3) is 10.8 Å². The number of carboxylic acids is 1. The molecular weight excluding hydrogens is 446 g/mol. The Morgan fingerprint density at radius 1 is 1.06 bits per heavy atom. The standard InChI is InChI=1S/C25H22ClNO6/c1-4-14(25(31)32)13-9-10-18(17(26)11-13)27-23(29)19-20(24(27)30)22(33-12(2)3)16-8-6-5-7-15(16)21(19)28/h5-12,14,28H,4H2,1-3H3,(H,31,32). The van der Waals surface area contributed by atoms with E-state index in [-0.39, 0.29) is 39.4 Å². The van der Waals surface area contributed by atoms with Crippen molar-refractivity contribution < 1.29 is 29.3 Å². The molecule has 0 saturated heterocycles. The van der Waals surface area contributed by atoms with Crippen LogP contribution >= 0.6 is 11.6 Å². The van der Waals surface area contributed by atoms with E-state index < -0.39 is 23.7 Å². The van der Waals surface area contributed by atoms with Gasteiger partial charge in [-0.2, -0.15) is 0 Å². The maximum Gasteiger partial charge on any atom is 0.310 e. The maximum atomic E-state index is 13.5. The number of rotatable bonds is 6. The summed E-state index contributed by atoms with van der Waals surface area (Å²) in [6, 6.07) is 11.3. The lowest BCUT2D eigenvalue weighted by atomic mass is 9.96. The Morgan fingerprint density at radius 2 is 1.70 bits per heavy atom. The monoisotopic (exact) mass is 467 g/mol. The predicted molar refractivity (Wildman–Crippen MR) is 125 cm³/mol. The van der Waals surface area contributed by atoms with E-state index in [0.717, 1.165) is 4.90 Å². The number of fused-ring (bicyclic) bond motifs is 2. The van der Waals surface area contributed by atoms with E-state index in [2.05, 4.69) is 0 Å². The van der Waals surface area contributed by atoms with Gasteiger partial charge in [-0.25, -0.2) is 4.90 Å². The van der Waals surface area contributed by atoms with Gasteiger partial charge < -0.3 is 14.9 Å².